The molecule has 4 aliphatic rings. The molecule has 3 unspecified atom stereocenters. The van der Waals surface area contributed by atoms with Gasteiger partial charge >= 0.3 is 0 Å². The molecule has 2 aliphatic carbocycles. The van der Waals surface area contributed by atoms with Crippen LogP contribution in [0.2, 0.25) is 5.28 Å². The first-order valence-electron chi connectivity index (χ1n) is 9.16. The van der Waals surface area contributed by atoms with Gasteiger partial charge in [-0.3, -0.25) is 14.9 Å². The molecule has 0 radical (unpaired) electrons. The molecule has 3 atom stereocenters. The summed E-state index contributed by atoms with van der Waals surface area (Å²) in [6.07, 6.45) is 9.75. The number of aliphatic hydroxyl groups is 1. The number of hydrogen-bond donors (Lipinski definition) is 2. The van der Waals surface area contributed by atoms with Gasteiger partial charge in [-0.15, -0.1) is 10.2 Å². The van der Waals surface area contributed by atoms with Crippen LogP contribution in [0.15, 0.2) is 17.5 Å². The van der Waals surface area contributed by atoms with E-state index < -0.39 is 5.60 Å². The topological polar surface area (TPSA) is 96.4 Å². The van der Waals surface area contributed by atoms with E-state index in [1.165, 1.54) is 12.8 Å². The lowest BCUT2D eigenvalue weighted by molar-refractivity contribution is 0.146. The third-order valence-corrected chi connectivity index (χ3v) is 6.47. The molecule has 4 heterocycles. The molecule has 2 fully saturated rings. The molecule has 9 nitrogen and oxygen atoms in total. The Bertz CT molecular complexity index is 915. The summed E-state index contributed by atoms with van der Waals surface area (Å²) in [5.74, 6) is 1.97. The van der Waals surface area contributed by atoms with Crippen LogP contribution in [0.5, 0.6) is 0 Å². The Balaban J connectivity index is 1.43. The van der Waals surface area contributed by atoms with Gasteiger partial charge in [0.1, 0.15) is 23.3 Å². The minimum Gasteiger partial charge on any atom is -0.383 e. The van der Waals surface area contributed by atoms with Gasteiger partial charge in [0.05, 0.1) is 12.4 Å². The average Bonchev–Trinajstić information content (AvgIpc) is 3.06. The second-order valence-electron chi connectivity index (χ2n) is 7.71. The van der Waals surface area contributed by atoms with Crippen LogP contribution < -0.4 is 10.3 Å². The molecule has 2 aliphatic heterocycles. The summed E-state index contributed by atoms with van der Waals surface area (Å²) in [7, 11) is 0. The number of anilines is 1. The van der Waals surface area contributed by atoms with E-state index in [-0.39, 0.29) is 6.17 Å². The van der Waals surface area contributed by atoms with E-state index in [0.29, 0.717) is 28.9 Å². The second-order valence-corrected chi connectivity index (χ2v) is 8.04. The third-order valence-electron chi connectivity index (χ3n) is 6.19. The van der Waals surface area contributed by atoms with Crippen LogP contribution in [-0.4, -0.2) is 41.8 Å². The fraction of sp³-hybridized carbons (Fsp3) is 0.625. The minimum atomic E-state index is -0.814. The van der Waals surface area contributed by atoms with Crippen molar-refractivity contribution in [1.82, 2.24) is 30.0 Å². The quantitative estimate of drug-likeness (QED) is 0.783. The maximum Gasteiger partial charge on any atom is 0.252 e. The van der Waals surface area contributed by atoms with Crippen molar-refractivity contribution in [3.8, 4) is 0 Å². The molecule has 0 aromatic carbocycles. The number of rotatable bonds is 1. The summed E-state index contributed by atoms with van der Waals surface area (Å²) in [4.78, 5) is 6.46. The first-order valence-corrected chi connectivity index (χ1v) is 9.54. The summed E-state index contributed by atoms with van der Waals surface area (Å²) in [6, 6.07) is 0.343. The highest BCUT2D eigenvalue weighted by atomic mass is 35.5. The molecule has 2 N–H and O–H groups in total. The highest BCUT2D eigenvalue weighted by Gasteiger charge is 2.49. The van der Waals surface area contributed by atoms with Crippen molar-refractivity contribution in [1.29, 1.82) is 0 Å². The van der Waals surface area contributed by atoms with Crippen LogP contribution in [0.4, 0.5) is 5.82 Å². The molecule has 0 bridgehead atoms. The Morgan fingerprint density at radius 1 is 1.27 bits per heavy atom. The number of fused-ring (bicyclic) bond motifs is 6. The van der Waals surface area contributed by atoms with Gasteiger partial charge in [0.25, 0.3) is 5.96 Å². The lowest BCUT2D eigenvalue weighted by Gasteiger charge is -2.45. The second kappa shape index (κ2) is 4.98. The summed E-state index contributed by atoms with van der Waals surface area (Å²) in [5, 5.41) is 23.7. The van der Waals surface area contributed by atoms with Gasteiger partial charge in [-0.2, -0.15) is 4.68 Å². The maximum absolute atomic E-state index is 10.3. The molecule has 6 rings (SSSR count). The fourth-order valence-electron chi connectivity index (χ4n) is 4.65. The van der Waals surface area contributed by atoms with E-state index in [4.69, 9.17) is 11.6 Å². The van der Waals surface area contributed by atoms with Crippen LogP contribution in [0, 0.1) is 5.92 Å². The van der Waals surface area contributed by atoms with Crippen molar-refractivity contribution >= 4 is 23.4 Å². The van der Waals surface area contributed by atoms with Gasteiger partial charge in [-0.25, -0.2) is 4.98 Å². The summed E-state index contributed by atoms with van der Waals surface area (Å²) < 4.78 is 3.77. The van der Waals surface area contributed by atoms with E-state index in [1.807, 2.05) is 0 Å². The van der Waals surface area contributed by atoms with Crippen molar-refractivity contribution < 1.29 is 5.11 Å². The largest absolute Gasteiger partial charge is 0.383 e. The molecule has 2 saturated carbocycles. The Morgan fingerprint density at radius 2 is 2.12 bits per heavy atom. The first-order chi connectivity index (χ1) is 12.7. The molecule has 0 saturated heterocycles. The van der Waals surface area contributed by atoms with Crippen molar-refractivity contribution in [3.63, 3.8) is 0 Å². The Hall–Kier alpha value is -2.13. The zero-order valence-corrected chi connectivity index (χ0v) is 14.8. The van der Waals surface area contributed by atoms with E-state index in [9.17, 15) is 5.11 Å². The van der Waals surface area contributed by atoms with E-state index >= 15 is 0 Å². The van der Waals surface area contributed by atoms with Crippen LogP contribution in [0.25, 0.3) is 0 Å². The van der Waals surface area contributed by atoms with Crippen molar-refractivity contribution in [3.05, 3.63) is 23.4 Å². The third kappa shape index (κ3) is 1.90. The summed E-state index contributed by atoms with van der Waals surface area (Å²) >= 11 is 6.43. The lowest BCUT2D eigenvalue weighted by Crippen LogP contribution is -2.54. The number of hydrogen-bond acceptors (Lipinski definition) is 7. The van der Waals surface area contributed by atoms with Crippen molar-refractivity contribution in [2.24, 2.45) is 11.0 Å². The van der Waals surface area contributed by atoms with Gasteiger partial charge in [0.15, 0.2) is 0 Å². The highest BCUT2D eigenvalue weighted by Crippen LogP contribution is 2.47. The Morgan fingerprint density at radius 3 is 2.96 bits per heavy atom. The number of hydrazone groups is 1. The number of nitrogens with zero attached hydrogens (tertiary/aromatic N) is 7. The molecule has 2 aromatic heterocycles. The standard InChI is InChI=1S/C16H19ClN8O/c17-14-18-7-12-24(14)10-4-2-1-3-9(10)13-20-21-15(25(12)13)23-8-11(19-22-23)16(26)5-6-16/h7-10,13,20,26H,1-6H2. The zero-order chi connectivity index (χ0) is 17.5. The molecule has 10 heteroatoms. The van der Waals surface area contributed by atoms with Crippen molar-refractivity contribution in [2.75, 3.05) is 4.90 Å². The lowest BCUT2D eigenvalue weighted by atomic mass is 9.80. The van der Waals surface area contributed by atoms with Gasteiger partial charge in [-0.1, -0.05) is 18.1 Å². The van der Waals surface area contributed by atoms with Gasteiger partial charge in [-0.05, 0) is 37.3 Å². The first kappa shape index (κ1) is 15.0. The normalized spacial score (nSPS) is 30.9. The minimum absolute atomic E-state index is 0.0622. The predicted molar refractivity (Wildman–Crippen MR) is 93.6 cm³/mol. The molecular formula is C16H19ClN8O. The Kier molecular flexibility index (Phi) is 2.87. The Labute approximate surface area is 154 Å². The van der Waals surface area contributed by atoms with E-state index in [2.05, 4.69) is 35.3 Å². The highest BCUT2D eigenvalue weighted by molar-refractivity contribution is 6.28. The van der Waals surface area contributed by atoms with Crippen molar-refractivity contribution in [2.45, 2.75) is 56.3 Å². The van der Waals surface area contributed by atoms with E-state index in [0.717, 1.165) is 31.5 Å². The molecule has 2 aromatic rings. The van der Waals surface area contributed by atoms with Crippen LogP contribution >= 0.6 is 11.6 Å². The van der Waals surface area contributed by atoms with Gasteiger partial charge in [0, 0.05) is 12.0 Å². The number of nitrogens with one attached hydrogen (secondary N) is 1. The van der Waals surface area contributed by atoms with Gasteiger partial charge in [0.2, 0.25) is 5.28 Å². The average molecular weight is 375 g/mol. The molecule has 0 spiro atoms. The van der Waals surface area contributed by atoms with Crippen LogP contribution in [-0.2, 0) is 5.60 Å². The summed E-state index contributed by atoms with van der Waals surface area (Å²) in [5.41, 5.74) is 3.08. The zero-order valence-electron chi connectivity index (χ0n) is 14.1. The number of imidazole rings is 1. The predicted octanol–water partition coefficient (Wildman–Crippen LogP) is 1.41. The number of halogens is 1. The molecule has 136 valence electrons. The molecular weight excluding hydrogens is 356 g/mol. The maximum atomic E-state index is 10.3. The van der Waals surface area contributed by atoms with Crippen LogP contribution in [0.3, 0.4) is 0 Å². The smallest absolute Gasteiger partial charge is 0.252 e. The number of aromatic nitrogens is 5. The fourth-order valence-corrected chi connectivity index (χ4v) is 4.91. The molecule has 0 amide bonds. The molecule has 26 heavy (non-hydrogen) atoms. The summed E-state index contributed by atoms with van der Waals surface area (Å²) in [6.45, 7) is 0. The van der Waals surface area contributed by atoms with E-state index in [1.54, 1.807) is 17.1 Å². The monoisotopic (exact) mass is 374 g/mol. The van der Waals surface area contributed by atoms with Crippen LogP contribution in [0.1, 0.15) is 50.3 Å². The van der Waals surface area contributed by atoms with Gasteiger partial charge < -0.3 is 5.11 Å². The SMILES string of the molecule is OC1(c2cn(C3=NNC4C5CCCCC5n5c(cnc5Cl)N34)nn2)CC1.